The highest BCUT2D eigenvalue weighted by Crippen LogP contribution is 2.11. The largest absolute Gasteiger partial charge is 0.355 e. The van der Waals surface area contributed by atoms with E-state index < -0.39 is 0 Å². The number of nitrogens with one attached hydrogen (secondary N) is 1. The standard InChI is InChI=1S/C10H12N4S/c1-7-4-3-5-9(12-7)6-11-10-13-8(2)14-15-10/h3-5H,6H2,1-2H3,(H,11,13,14). The molecule has 0 amide bonds. The summed E-state index contributed by atoms with van der Waals surface area (Å²) >= 11 is 1.37. The van der Waals surface area contributed by atoms with Gasteiger partial charge in [0, 0.05) is 17.2 Å². The molecule has 0 unspecified atom stereocenters. The number of pyridine rings is 1. The van der Waals surface area contributed by atoms with Gasteiger partial charge in [0.2, 0.25) is 5.13 Å². The molecule has 2 aromatic heterocycles. The van der Waals surface area contributed by atoms with Gasteiger partial charge in [0.25, 0.3) is 0 Å². The van der Waals surface area contributed by atoms with Crippen molar-refractivity contribution in [2.75, 3.05) is 5.32 Å². The van der Waals surface area contributed by atoms with Crippen molar-refractivity contribution in [3.63, 3.8) is 0 Å². The molecule has 0 fully saturated rings. The molecule has 1 N–H and O–H groups in total. The van der Waals surface area contributed by atoms with Crippen LogP contribution in [0.5, 0.6) is 0 Å². The van der Waals surface area contributed by atoms with Gasteiger partial charge < -0.3 is 5.32 Å². The Kier molecular flexibility index (Phi) is 2.91. The zero-order valence-electron chi connectivity index (χ0n) is 8.69. The van der Waals surface area contributed by atoms with Crippen molar-refractivity contribution in [2.45, 2.75) is 20.4 Å². The number of aromatic nitrogens is 3. The fourth-order valence-electron chi connectivity index (χ4n) is 1.23. The highest BCUT2D eigenvalue weighted by Gasteiger charge is 2.00. The predicted molar refractivity (Wildman–Crippen MR) is 60.9 cm³/mol. The van der Waals surface area contributed by atoms with Crippen LogP contribution in [0.15, 0.2) is 18.2 Å². The molecular formula is C10H12N4S. The summed E-state index contributed by atoms with van der Waals surface area (Å²) < 4.78 is 4.09. The normalized spacial score (nSPS) is 10.3. The van der Waals surface area contributed by atoms with E-state index in [9.17, 15) is 0 Å². The van der Waals surface area contributed by atoms with Gasteiger partial charge in [-0.15, -0.1) is 0 Å². The summed E-state index contributed by atoms with van der Waals surface area (Å²) in [4.78, 5) is 8.61. The summed E-state index contributed by atoms with van der Waals surface area (Å²) in [6.45, 7) is 4.56. The zero-order chi connectivity index (χ0) is 10.7. The smallest absolute Gasteiger partial charge is 0.202 e. The number of aryl methyl sites for hydroxylation is 2. The van der Waals surface area contributed by atoms with Crippen molar-refractivity contribution in [1.29, 1.82) is 0 Å². The van der Waals surface area contributed by atoms with Crippen LogP contribution < -0.4 is 5.32 Å². The van der Waals surface area contributed by atoms with Crippen LogP contribution in [0.1, 0.15) is 17.2 Å². The first-order valence-corrected chi connectivity index (χ1v) is 5.48. The average molecular weight is 220 g/mol. The first-order valence-electron chi connectivity index (χ1n) is 4.71. The molecule has 0 saturated heterocycles. The van der Waals surface area contributed by atoms with Crippen LogP contribution in [0.4, 0.5) is 5.13 Å². The molecule has 0 aliphatic heterocycles. The highest BCUT2D eigenvalue weighted by atomic mass is 32.1. The minimum atomic E-state index is 0.691. The lowest BCUT2D eigenvalue weighted by Gasteiger charge is -2.01. The van der Waals surface area contributed by atoms with E-state index in [0.717, 1.165) is 22.3 Å². The summed E-state index contributed by atoms with van der Waals surface area (Å²) in [7, 11) is 0. The Morgan fingerprint density at radius 3 is 2.80 bits per heavy atom. The second-order valence-corrected chi connectivity index (χ2v) is 4.02. The number of nitrogens with zero attached hydrogens (tertiary/aromatic N) is 3. The molecule has 0 spiro atoms. The van der Waals surface area contributed by atoms with Gasteiger partial charge in [-0.2, -0.15) is 4.37 Å². The molecule has 0 atom stereocenters. The van der Waals surface area contributed by atoms with E-state index in [1.807, 2.05) is 32.0 Å². The quantitative estimate of drug-likeness (QED) is 0.861. The van der Waals surface area contributed by atoms with Crippen molar-refractivity contribution in [2.24, 2.45) is 0 Å². The van der Waals surface area contributed by atoms with E-state index in [0.29, 0.717) is 6.54 Å². The lowest BCUT2D eigenvalue weighted by molar-refractivity contribution is 1.01. The molecule has 0 aliphatic carbocycles. The molecule has 0 radical (unpaired) electrons. The van der Waals surface area contributed by atoms with Crippen LogP contribution in [0.3, 0.4) is 0 Å². The molecule has 5 heteroatoms. The third-order valence-electron chi connectivity index (χ3n) is 1.89. The van der Waals surface area contributed by atoms with Crippen molar-refractivity contribution >= 4 is 16.7 Å². The Bertz CT molecular complexity index is 452. The van der Waals surface area contributed by atoms with Gasteiger partial charge in [-0.1, -0.05) is 6.07 Å². The molecule has 78 valence electrons. The topological polar surface area (TPSA) is 50.7 Å². The molecule has 2 rings (SSSR count). The van der Waals surface area contributed by atoms with Crippen LogP contribution in [0.2, 0.25) is 0 Å². The molecule has 15 heavy (non-hydrogen) atoms. The summed E-state index contributed by atoms with van der Waals surface area (Å²) in [6, 6.07) is 5.98. The Morgan fingerprint density at radius 1 is 1.27 bits per heavy atom. The summed E-state index contributed by atoms with van der Waals surface area (Å²) in [5.41, 5.74) is 2.05. The van der Waals surface area contributed by atoms with E-state index in [1.54, 1.807) is 0 Å². The van der Waals surface area contributed by atoms with E-state index in [1.165, 1.54) is 11.5 Å². The maximum Gasteiger partial charge on any atom is 0.202 e. The van der Waals surface area contributed by atoms with Crippen LogP contribution in [-0.4, -0.2) is 14.3 Å². The lowest BCUT2D eigenvalue weighted by Crippen LogP contribution is -2.01. The first-order chi connectivity index (χ1) is 7.24. The Hall–Kier alpha value is -1.49. The van der Waals surface area contributed by atoms with Gasteiger partial charge in [-0.25, -0.2) is 4.98 Å². The molecule has 0 aromatic carbocycles. The van der Waals surface area contributed by atoms with Crippen molar-refractivity contribution in [1.82, 2.24) is 14.3 Å². The fourth-order valence-corrected chi connectivity index (χ4v) is 1.80. The molecular weight excluding hydrogens is 208 g/mol. The van der Waals surface area contributed by atoms with Gasteiger partial charge in [-0.3, -0.25) is 4.98 Å². The van der Waals surface area contributed by atoms with Crippen molar-refractivity contribution in [3.8, 4) is 0 Å². The third-order valence-corrected chi connectivity index (χ3v) is 2.66. The van der Waals surface area contributed by atoms with Gasteiger partial charge in [0.15, 0.2) is 0 Å². The average Bonchev–Trinajstić information content (AvgIpc) is 2.62. The van der Waals surface area contributed by atoms with Gasteiger partial charge in [0.05, 0.1) is 12.2 Å². The lowest BCUT2D eigenvalue weighted by atomic mass is 10.3. The number of hydrogen-bond donors (Lipinski definition) is 1. The van der Waals surface area contributed by atoms with Crippen LogP contribution in [0, 0.1) is 13.8 Å². The van der Waals surface area contributed by atoms with E-state index in [4.69, 9.17) is 0 Å². The van der Waals surface area contributed by atoms with Gasteiger partial charge >= 0.3 is 0 Å². The summed E-state index contributed by atoms with van der Waals surface area (Å²) in [5, 5.41) is 4.03. The van der Waals surface area contributed by atoms with E-state index >= 15 is 0 Å². The fraction of sp³-hybridized carbons (Fsp3) is 0.300. The maximum absolute atomic E-state index is 4.39. The maximum atomic E-state index is 4.39. The SMILES string of the molecule is Cc1cccc(CNc2nc(C)ns2)n1. The molecule has 2 heterocycles. The van der Waals surface area contributed by atoms with Crippen LogP contribution in [0.25, 0.3) is 0 Å². The van der Waals surface area contributed by atoms with Crippen molar-refractivity contribution in [3.05, 3.63) is 35.4 Å². The van der Waals surface area contributed by atoms with Crippen LogP contribution in [-0.2, 0) is 6.54 Å². The van der Waals surface area contributed by atoms with Gasteiger partial charge in [-0.05, 0) is 26.0 Å². The monoisotopic (exact) mass is 220 g/mol. The second kappa shape index (κ2) is 4.35. The first kappa shape index (κ1) is 10.0. The van der Waals surface area contributed by atoms with E-state index in [-0.39, 0.29) is 0 Å². The summed E-state index contributed by atoms with van der Waals surface area (Å²) in [6.07, 6.45) is 0. The zero-order valence-corrected chi connectivity index (χ0v) is 9.51. The van der Waals surface area contributed by atoms with Crippen molar-refractivity contribution < 1.29 is 0 Å². The minimum absolute atomic E-state index is 0.691. The number of hydrogen-bond acceptors (Lipinski definition) is 5. The molecule has 0 aliphatic rings. The Morgan fingerprint density at radius 2 is 2.13 bits per heavy atom. The molecule has 0 bridgehead atoms. The highest BCUT2D eigenvalue weighted by molar-refractivity contribution is 7.09. The number of rotatable bonds is 3. The van der Waals surface area contributed by atoms with Crippen LogP contribution >= 0.6 is 11.5 Å². The third kappa shape index (κ3) is 2.73. The molecule has 4 nitrogen and oxygen atoms in total. The predicted octanol–water partition coefficient (Wildman–Crippen LogP) is 2.16. The summed E-state index contributed by atoms with van der Waals surface area (Å²) in [5.74, 6) is 0.805. The molecule has 2 aromatic rings. The molecule has 0 saturated carbocycles. The van der Waals surface area contributed by atoms with Gasteiger partial charge in [0.1, 0.15) is 5.82 Å². The Labute approximate surface area is 92.6 Å². The second-order valence-electron chi connectivity index (χ2n) is 3.27. The minimum Gasteiger partial charge on any atom is -0.355 e. The Balaban J connectivity index is 1.99. The van der Waals surface area contributed by atoms with E-state index in [2.05, 4.69) is 19.7 Å². The number of anilines is 1.